The van der Waals surface area contributed by atoms with Crippen LogP contribution >= 0.6 is 0 Å². The van der Waals surface area contributed by atoms with Gasteiger partial charge in [0.1, 0.15) is 5.75 Å². The van der Waals surface area contributed by atoms with E-state index in [-0.39, 0.29) is 5.91 Å². The van der Waals surface area contributed by atoms with E-state index in [1.807, 2.05) is 12.1 Å². The number of nitrogens with zero attached hydrogens (tertiary/aromatic N) is 1. The molecule has 0 spiro atoms. The number of rotatable bonds is 4. The van der Waals surface area contributed by atoms with E-state index in [4.69, 9.17) is 4.74 Å². The fourth-order valence-electron chi connectivity index (χ4n) is 3.16. The summed E-state index contributed by atoms with van der Waals surface area (Å²) in [6.07, 6.45) is 0.640. The van der Waals surface area contributed by atoms with E-state index in [9.17, 15) is 14.7 Å². The highest BCUT2D eigenvalue weighted by atomic mass is 16.5. The number of benzene rings is 2. The number of carbonyl (C=O) groups excluding carboxylic acids is 1. The molecular formula is C19H19NO4. The van der Waals surface area contributed by atoms with Crippen molar-refractivity contribution in [2.75, 3.05) is 13.7 Å². The second kappa shape index (κ2) is 6.00. The van der Waals surface area contributed by atoms with Crippen molar-refractivity contribution in [2.24, 2.45) is 0 Å². The lowest BCUT2D eigenvalue weighted by Crippen LogP contribution is -2.55. The van der Waals surface area contributed by atoms with Crippen LogP contribution in [-0.4, -0.2) is 35.5 Å². The predicted molar refractivity (Wildman–Crippen MR) is 89.2 cm³/mol. The number of fused-ring (bicyclic) bond motifs is 1. The van der Waals surface area contributed by atoms with E-state index < -0.39 is 11.5 Å². The van der Waals surface area contributed by atoms with Crippen molar-refractivity contribution in [3.63, 3.8) is 0 Å². The number of carboxylic acid groups (broad SMARTS) is 1. The number of aliphatic carboxylic acids is 1. The molecule has 5 heteroatoms. The van der Waals surface area contributed by atoms with Gasteiger partial charge in [-0.15, -0.1) is 0 Å². The largest absolute Gasteiger partial charge is 0.497 e. The van der Waals surface area contributed by atoms with Crippen molar-refractivity contribution < 1.29 is 19.4 Å². The summed E-state index contributed by atoms with van der Waals surface area (Å²) in [7, 11) is 1.55. The van der Waals surface area contributed by atoms with E-state index in [1.54, 1.807) is 50.4 Å². The van der Waals surface area contributed by atoms with E-state index in [1.165, 1.54) is 4.90 Å². The van der Waals surface area contributed by atoms with Crippen LogP contribution in [0.3, 0.4) is 0 Å². The van der Waals surface area contributed by atoms with E-state index in [2.05, 4.69) is 0 Å². The van der Waals surface area contributed by atoms with Gasteiger partial charge >= 0.3 is 5.97 Å². The molecule has 1 atom stereocenters. The summed E-state index contributed by atoms with van der Waals surface area (Å²) in [5.41, 5.74) is 0.645. The summed E-state index contributed by atoms with van der Waals surface area (Å²) in [6.45, 7) is 1.94. The Morgan fingerprint density at radius 1 is 1.17 bits per heavy atom. The molecule has 1 aliphatic rings. The number of carboxylic acids is 1. The first kappa shape index (κ1) is 16.1. The zero-order chi connectivity index (χ0) is 17.3. The molecule has 1 N–H and O–H groups in total. The van der Waals surface area contributed by atoms with Crippen LogP contribution in [0.2, 0.25) is 0 Å². The molecule has 2 aromatic carbocycles. The van der Waals surface area contributed by atoms with Crippen LogP contribution in [0.15, 0.2) is 48.5 Å². The number of carbonyl (C=O) groups is 2. The molecule has 0 bridgehead atoms. The second-order valence-corrected chi connectivity index (χ2v) is 5.97. The normalized spacial score (nSPS) is 16.2. The molecule has 0 saturated carbocycles. The van der Waals surface area contributed by atoms with Gasteiger partial charge in [0.25, 0.3) is 5.91 Å². The van der Waals surface area contributed by atoms with Gasteiger partial charge in [-0.1, -0.05) is 30.3 Å². The maximum Gasteiger partial charge on any atom is 0.334 e. The van der Waals surface area contributed by atoms with Gasteiger partial charge in [0.2, 0.25) is 0 Å². The molecule has 0 fully saturated rings. The van der Waals surface area contributed by atoms with Crippen LogP contribution < -0.4 is 4.74 Å². The first-order chi connectivity index (χ1) is 11.5. The average molecular weight is 325 g/mol. The third-order valence-corrected chi connectivity index (χ3v) is 4.71. The highest BCUT2D eigenvalue weighted by Crippen LogP contribution is 2.34. The van der Waals surface area contributed by atoms with E-state index >= 15 is 0 Å². The Balaban J connectivity index is 2.05. The zero-order valence-electron chi connectivity index (χ0n) is 13.7. The SMILES string of the molecule is COc1ccc(C(C)(C(=O)O)N2CCc3ccccc3C2=O)cc1. The molecule has 1 amide bonds. The summed E-state index contributed by atoms with van der Waals surface area (Å²) in [5, 5.41) is 9.91. The minimum atomic E-state index is -1.43. The van der Waals surface area contributed by atoms with Crippen molar-refractivity contribution in [1.29, 1.82) is 0 Å². The van der Waals surface area contributed by atoms with Gasteiger partial charge in [-0.2, -0.15) is 0 Å². The Bertz CT molecular complexity index is 784. The van der Waals surface area contributed by atoms with Gasteiger partial charge in [-0.05, 0) is 42.7 Å². The summed E-state index contributed by atoms with van der Waals surface area (Å²) < 4.78 is 5.13. The van der Waals surface area contributed by atoms with Crippen molar-refractivity contribution in [3.05, 3.63) is 65.2 Å². The van der Waals surface area contributed by atoms with Crippen LogP contribution in [-0.2, 0) is 16.8 Å². The van der Waals surface area contributed by atoms with Crippen molar-refractivity contribution in [3.8, 4) is 5.75 Å². The molecule has 0 saturated heterocycles. The van der Waals surface area contributed by atoms with Gasteiger partial charge in [0, 0.05) is 12.1 Å². The summed E-state index contributed by atoms with van der Waals surface area (Å²) in [4.78, 5) is 26.5. The summed E-state index contributed by atoms with van der Waals surface area (Å²) >= 11 is 0. The topological polar surface area (TPSA) is 66.8 Å². The standard InChI is InChI=1S/C19H19NO4/c1-19(18(22)23,14-7-9-15(24-2)10-8-14)20-12-11-13-5-3-4-6-16(13)17(20)21/h3-10H,11-12H2,1-2H3,(H,22,23). The zero-order valence-corrected chi connectivity index (χ0v) is 13.7. The number of hydrogen-bond donors (Lipinski definition) is 1. The van der Waals surface area contributed by atoms with Crippen LogP contribution in [0.5, 0.6) is 5.75 Å². The lowest BCUT2D eigenvalue weighted by atomic mass is 9.86. The predicted octanol–water partition coefficient (Wildman–Crippen LogP) is 2.69. The quantitative estimate of drug-likeness (QED) is 0.938. The van der Waals surface area contributed by atoms with E-state index in [0.29, 0.717) is 29.8 Å². The van der Waals surface area contributed by atoms with Crippen LogP contribution in [0.25, 0.3) is 0 Å². The second-order valence-electron chi connectivity index (χ2n) is 5.97. The highest BCUT2D eigenvalue weighted by molar-refractivity contribution is 6.00. The van der Waals surface area contributed by atoms with E-state index in [0.717, 1.165) is 5.56 Å². The molecule has 0 aliphatic carbocycles. The lowest BCUT2D eigenvalue weighted by molar-refractivity contribution is -0.149. The average Bonchev–Trinajstić information content (AvgIpc) is 2.61. The molecule has 2 aromatic rings. The maximum absolute atomic E-state index is 12.9. The molecule has 1 heterocycles. The third-order valence-electron chi connectivity index (χ3n) is 4.71. The van der Waals surface area contributed by atoms with Gasteiger partial charge in [0.05, 0.1) is 7.11 Å². The molecule has 24 heavy (non-hydrogen) atoms. The fraction of sp³-hybridized carbons (Fsp3) is 0.263. The first-order valence-electron chi connectivity index (χ1n) is 7.76. The van der Waals surface area contributed by atoms with Gasteiger partial charge < -0.3 is 14.7 Å². The monoisotopic (exact) mass is 325 g/mol. The Kier molecular flexibility index (Phi) is 4.01. The third kappa shape index (κ3) is 2.42. The molecule has 1 aliphatic heterocycles. The fourth-order valence-corrected chi connectivity index (χ4v) is 3.16. The number of methoxy groups -OCH3 is 1. The number of ether oxygens (including phenoxy) is 1. The smallest absolute Gasteiger partial charge is 0.334 e. The van der Waals surface area contributed by atoms with Crippen LogP contribution in [0, 0.1) is 0 Å². The summed E-state index contributed by atoms with van der Waals surface area (Å²) in [5.74, 6) is -0.667. The van der Waals surface area contributed by atoms with Crippen LogP contribution in [0.1, 0.15) is 28.4 Å². The molecule has 5 nitrogen and oxygen atoms in total. The van der Waals surface area contributed by atoms with Crippen LogP contribution in [0.4, 0.5) is 0 Å². The Morgan fingerprint density at radius 2 is 1.83 bits per heavy atom. The lowest BCUT2D eigenvalue weighted by Gasteiger charge is -2.41. The molecule has 3 rings (SSSR count). The summed E-state index contributed by atoms with van der Waals surface area (Å²) in [6, 6.07) is 14.2. The minimum absolute atomic E-state index is 0.252. The minimum Gasteiger partial charge on any atom is -0.497 e. The highest BCUT2D eigenvalue weighted by Gasteiger charge is 2.45. The Labute approximate surface area is 140 Å². The molecular weight excluding hydrogens is 306 g/mol. The molecule has 124 valence electrons. The molecule has 1 unspecified atom stereocenters. The Morgan fingerprint density at radius 3 is 2.46 bits per heavy atom. The first-order valence-corrected chi connectivity index (χ1v) is 7.76. The Hall–Kier alpha value is -2.82. The van der Waals surface area contributed by atoms with Crippen molar-refractivity contribution in [2.45, 2.75) is 18.9 Å². The number of amides is 1. The molecule has 0 aromatic heterocycles. The van der Waals surface area contributed by atoms with Gasteiger partial charge in [-0.3, -0.25) is 4.79 Å². The maximum atomic E-state index is 12.9. The van der Waals surface area contributed by atoms with Gasteiger partial charge in [-0.25, -0.2) is 4.79 Å². The number of hydrogen-bond acceptors (Lipinski definition) is 3. The van der Waals surface area contributed by atoms with Gasteiger partial charge in [0.15, 0.2) is 5.54 Å². The van der Waals surface area contributed by atoms with Crippen molar-refractivity contribution in [1.82, 2.24) is 4.90 Å². The van der Waals surface area contributed by atoms with Crippen molar-refractivity contribution >= 4 is 11.9 Å². The molecule has 0 radical (unpaired) electrons.